The van der Waals surface area contributed by atoms with E-state index < -0.39 is 11.7 Å². The van der Waals surface area contributed by atoms with Crippen LogP contribution in [0.1, 0.15) is 15.9 Å². The fourth-order valence-corrected chi connectivity index (χ4v) is 2.61. The first kappa shape index (κ1) is 21.4. The molecule has 1 aromatic heterocycles. The molecule has 9 heteroatoms. The molecule has 136 valence electrons. The third kappa shape index (κ3) is 5.18. The normalized spacial score (nSPS) is 10.8. The van der Waals surface area contributed by atoms with Gasteiger partial charge in [0.15, 0.2) is 23.9 Å². The quantitative estimate of drug-likeness (QED) is 0.462. The van der Waals surface area contributed by atoms with Crippen molar-refractivity contribution < 1.29 is 49.0 Å². The SMILES string of the molecule is COc1cc(Br)c(C(=O)C[n+]2ccc(C(F)(F)F)cc2)cc1OC.[Br-]. The first-order valence-corrected chi connectivity index (χ1v) is 7.56. The number of rotatable bonds is 5. The fourth-order valence-electron chi connectivity index (χ4n) is 2.07. The topological polar surface area (TPSA) is 39.4 Å². The minimum atomic E-state index is -4.41. The van der Waals surface area contributed by atoms with Crippen molar-refractivity contribution in [2.75, 3.05) is 14.2 Å². The Hall–Kier alpha value is -1.61. The Morgan fingerprint density at radius 2 is 1.64 bits per heavy atom. The van der Waals surface area contributed by atoms with Crippen LogP contribution in [0.2, 0.25) is 0 Å². The van der Waals surface area contributed by atoms with E-state index in [1.165, 1.54) is 37.2 Å². The Morgan fingerprint density at radius 1 is 1.12 bits per heavy atom. The fraction of sp³-hybridized carbons (Fsp3) is 0.250. The number of hydrogen-bond acceptors (Lipinski definition) is 3. The van der Waals surface area contributed by atoms with Crippen LogP contribution in [0, 0.1) is 0 Å². The van der Waals surface area contributed by atoms with Crippen LogP contribution < -0.4 is 31.0 Å². The molecule has 25 heavy (non-hydrogen) atoms. The summed E-state index contributed by atoms with van der Waals surface area (Å²) in [4.78, 5) is 12.4. The maximum Gasteiger partial charge on any atom is 0.416 e. The summed E-state index contributed by atoms with van der Waals surface area (Å²) in [6.45, 7) is -0.105. The molecular weight excluding hydrogens is 471 g/mol. The Balaban J connectivity index is 0.00000312. The van der Waals surface area contributed by atoms with Crippen molar-refractivity contribution in [1.82, 2.24) is 0 Å². The molecule has 0 amide bonds. The standard InChI is InChI=1S/C16H14BrF3NO3.BrH/c1-23-14-7-11(12(17)8-15(14)24-2)13(22)9-21-5-3-10(4-6-21)16(18,19)20;/h3-8H,9H2,1-2H3;1H/q+1;/p-1. The van der Waals surface area contributed by atoms with E-state index in [1.807, 2.05) is 0 Å². The number of halogens is 5. The molecular formula is C16H14Br2F3NO3. The summed E-state index contributed by atoms with van der Waals surface area (Å²) in [7, 11) is 2.93. The molecule has 0 radical (unpaired) electrons. The molecule has 0 aliphatic carbocycles. The van der Waals surface area contributed by atoms with Gasteiger partial charge >= 0.3 is 6.18 Å². The van der Waals surface area contributed by atoms with Gasteiger partial charge in [0.1, 0.15) is 0 Å². The molecule has 0 spiro atoms. The van der Waals surface area contributed by atoms with Crippen molar-refractivity contribution in [3.05, 3.63) is 52.3 Å². The Labute approximate surface area is 161 Å². The van der Waals surface area contributed by atoms with E-state index in [9.17, 15) is 18.0 Å². The molecule has 2 rings (SSSR count). The summed E-state index contributed by atoms with van der Waals surface area (Å²) in [5, 5.41) is 0. The zero-order valence-corrected chi connectivity index (χ0v) is 16.4. The van der Waals surface area contributed by atoms with Crippen molar-refractivity contribution in [3.8, 4) is 11.5 Å². The summed E-state index contributed by atoms with van der Waals surface area (Å²) in [5.41, 5.74) is -0.418. The number of carbonyl (C=O) groups is 1. The highest BCUT2D eigenvalue weighted by Gasteiger charge is 2.31. The molecule has 1 heterocycles. The summed E-state index contributed by atoms with van der Waals surface area (Å²) in [5.74, 6) is 0.567. The van der Waals surface area contributed by atoms with Crippen LogP contribution in [0.25, 0.3) is 0 Å². The lowest BCUT2D eigenvalue weighted by Crippen LogP contribution is -3.00. The van der Waals surface area contributed by atoms with Gasteiger partial charge in [-0.15, -0.1) is 0 Å². The number of benzene rings is 1. The lowest BCUT2D eigenvalue weighted by molar-refractivity contribution is -0.683. The van der Waals surface area contributed by atoms with E-state index >= 15 is 0 Å². The predicted molar refractivity (Wildman–Crippen MR) is 83.2 cm³/mol. The molecule has 0 aliphatic heterocycles. The molecule has 0 saturated carbocycles. The molecule has 0 atom stereocenters. The number of carbonyl (C=O) groups excluding carboxylic acids is 1. The molecule has 0 saturated heterocycles. The number of aromatic nitrogens is 1. The van der Waals surface area contributed by atoms with Crippen molar-refractivity contribution in [2.45, 2.75) is 12.7 Å². The first-order chi connectivity index (χ1) is 11.3. The summed E-state index contributed by atoms with van der Waals surface area (Å²) in [6.07, 6.45) is -1.97. The predicted octanol–water partition coefficient (Wildman–Crippen LogP) is 0.659. The number of methoxy groups -OCH3 is 2. The third-order valence-electron chi connectivity index (χ3n) is 3.32. The Bertz CT molecular complexity index is 750. The van der Waals surface area contributed by atoms with Crippen LogP contribution in [-0.2, 0) is 12.7 Å². The number of alkyl halides is 3. The lowest BCUT2D eigenvalue weighted by Gasteiger charge is -2.10. The van der Waals surface area contributed by atoms with Crippen LogP contribution in [-0.4, -0.2) is 20.0 Å². The zero-order chi connectivity index (χ0) is 17.9. The molecule has 0 aliphatic rings. The smallest absolute Gasteiger partial charge is 0.416 e. The maximum absolute atomic E-state index is 12.5. The highest BCUT2D eigenvalue weighted by Crippen LogP contribution is 2.33. The number of pyridine rings is 1. The summed E-state index contributed by atoms with van der Waals surface area (Å²) >= 11 is 3.29. The van der Waals surface area contributed by atoms with E-state index in [2.05, 4.69) is 15.9 Å². The summed E-state index contributed by atoms with van der Waals surface area (Å²) in [6, 6.07) is 4.98. The summed E-state index contributed by atoms with van der Waals surface area (Å²) < 4.78 is 49.8. The van der Waals surface area contributed by atoms with Gasteiger partial charge < -0.3 is 26.5 Å². The molecule has 0 unspecified atom stereocenters. The number of Topliss-reactive ketones (excluding diaryl/α,β-unsaturated/α-hetero) is 1. The molecule has 2 aromatic rings. The van der Waals surface area contributed by atoms with Crippen LogP contribution in [0.3, 0.4) is 0 Å². The number of nitrogens with zero attached hydrogens (tertiary/aromatic N) is 1. The van der Waals surface area contributed by atoms with Gasteiger partial charge in [-0.25, -0.2) is 0 Å². The largest absolute Gasteiger partial charge is 1.00 e. The van der Waals surface area contributed by atoms with Gasteiger partial charge in [0.25, 0.3) is 0 Å². The van der Waals surface area contributed by atoms with Crippen molar-refractivity contribution >= 4 is 21.7 Å². The van der Waals surface area contributed by atoms with E-state index in [4.69, 9.17) is 9.47 Å². The minimum absolute atomic E-state index is 0. The second-order valence-corrected chi connectivity index (χ2v) is 5.72. The number of ketones is 1. The molecule has 1 aromatic carbocycles. The molecule has 4 nitrogen and oxygen atoms in total. The second-order valence-electron chi connectivity index (χ2n) is 4.87. The molecule has 0 bridgehead atoms. The van der Waals surface area contributed by atoms with Gasteiger partial charge in [-0.3, -0.25) is 4.79 Å². The van der Waals surface area contributed by atoms with Gasteiger partial charge in [-0.05, 0) is 28.1 Å². The molecule has 0 fully saturated rings. The minimum Gasteiger partial charge on any atom is -1.00 e. The van der Waals surface area contributed by atoms with Crippen molar-refractivity contribution in [3.63, 3.8) is 0 Å². The van der Waals surface area contributed by atoms with Crippen molar-refractivity contribution in [2.24, 2.45) is 0 Å². The van der Waals surface area contributed by atoms with Crippen LogP contribution >= 0.6 is 15.9 Å². The number of hydrogen-bond donors (Lipinski definition) is 0. The number of ether oxygens (including phenoxy) is 2. The van der Waals surface area contributed by atoms with Gasteiger partial charge in [0.05, 0.1) is 19.8 Å². The monoisotopic (exact) mass is 483 g/mol. The van der Waals surface area contributed by atoms with Crippen LogP contribution in [0.15, 0.2) is 41.1 Å². The van der Waals surface area contributed by atoms with Gasteiger partial charge in [0, 0.05) is 22.2 Å². The maximum atomic E-state index is 12.5. The lowest BCUT2D eigenvalue weighted by atomic mass is 10.1. The van der Waals surface area contributed by atoms with Crippen LogP contribution in [0.5, 0.6) is 11.5 Å². The average Bonchev–Trinajstić information content (AvgIpc) is 2.54. The second kappa shape index (κ2) is 8.66. The van der Waals surface area contributed by atoms with E-state index in [0.717, 1.165) is 12.1 Å². The highest BCUT2D eigenvalue weighted by atomic mass is 79.9. The van der Waals surface area contributed by atoms with Crippen molar-refractivity contribution in [1.29, 1.82) is 0 Å². The van der Waals surface area contributed by atoms with E-state index in [1.54, 1.807) is 6.07 Å². The highest BCUT2D eigenvalue weighted by molar-refractivity contribution is 9.10. The van der Waals surface area contributed by atoms with Gasteiger partial charge in [-0.1, -0.05) is 0 Å². The third-order valence-corrected chi connectivity index (χ3v) is 3.97. The van der Waals surface area contributed by atoms with Crippen LogP contribution in [0.4, 0.5) is 13.2 Å². The Morgan fingerprint density at radius 3 is 2.12 bits per heavy atom. The van der Waals surface area contributed by atoms with E-state index in [0.29, 0.717) is 21.5 Å². The van der Waals surface area contributed by atoms with Gasteiger partial charge in [-0.2, -0.15) is 17.7 Å². The first-order valence-electron chi connectivity index (χ1n) is 6.77. The average molecular weight is 485 g/mol. The van der Waals surface area contributed by atoms with Gasteiger partial charge in [0.2, 0.25) is 12.3 Å². The molecule has 0 N–H and O–H groups in total. The zero-order valence-electron chi connectivity index (χ0n) is 13.2. The van der Waals surface area contributed by atoms with E-state index in [-0.39, 0.29) is 29.3 Å². The Kier molecular flexibility index (Phi) is 7.43.